The topological polar surface area (TPSA) is 57.7 Å². The predicted molar refractivity (Wildman–Crippen MR) is 97.5 cm³/mol. The number of para-hydroxylation sites is 1. The Kier molecular flexibility index (Phi) is 4.37. The molecule has 2 aliphatic heterocycles. The Labute approximate surface area is 160 Å². The highest BCUT2D eigenvalue weighted by Crippen LogP contribution is 2.36. The Morgan fingerprint density at radius 1 is 0.964 bits per heavy atom. The lowest BCUT2D eigenvalue weighted by Gasteiger charge is -2.23. The van der Waals surface area contributed by atoms with Crippen LogP contribution in [0.3, 0.4) is 0 Å². The number of hydrogen-bond donors (Lipinski definition) is 0. The molecule has 2 atom stereocenters. The van der Waals surface area contributed by atoms with Crippen molar-refractivity contribution in [3.8, 4) is 0 Å². The fraction of sp³-hybridized carbons (Fsp3) is 0.316. The minimum atomic E-state index is -4.49. The molecule has 2 aliphatic rings. The van der Waals surface area contributed by atoms with Crippen molar-refractivity contribution in [2.45, 2.75) is 24.8 Å². The normalized spacial score (nSPS) is 23.9. The summed E-state index contributed by atoms with van der Waals surface area (Å²) in [7, 11) is -3.34. The van der Waals surface area contributed by atoms with Crippen LogP contribution in [-0.4, -0.2) is 42.9 Å². The molecule has 0 aromatic heterocycles. The number of benzene rings is 2. The molecule has 0 saturated carbocycles. The lowest BCUT2D eigenvalue weighted by atomic mass is 10.1. The van der Waals surface area contributed by atoms with Gasteiger partial charge in [0.05, 0.1) is 29.2 Å². The van der Waals surface area contributed by atoms with E-state index >= 15 is 0 Å². The summed E-state index contributed by atoms with van der Waals surface area (Å²) in [4.78, 5) is 15.9. The molecule has 5 nitrogen and oxygen atoms in total. The molecule has 4 rings (SSSR count). The van der Waals surface area contributed by atoms with Crippen molar-refractivity contribution >= 4 is 21.6 Å². The number of hydrogen-bond acceptors (Lipinski definition) is 3. The highest BCUT2D eigenvalue weighted by molar-refractivity contribution is 7.91. The minimum Gasteiger partial charge on any atom is -0.314 e. The van der Waals surface area contributed by atoms with Gasteiger partial charge in [-0.2, -0.15) is 13.2 Å². The first-order valence-electron chi connectivity index (χ1n) is 8.67. The van der Waals surface area contributed by atoms with Crippen LogP contribution in [0, 0.1) is 0 Å². The van der Waals surface area contributed by atoms with Crippen LogP contribution in [0.15, 0.2) is 54.6 Å². The lowest BCUT2D eigenvalue weighted by molar-refractivity contribution is -0.137. The summed E-state index contributed by atoms with van der Waals surface area (Å²) in [5.74, 6) is -0.344. The maximum atomic E-state index is 13.1. The molecule has 9 heteroatoms. The number of rotatable bonds is 3. The van der Waals surface area contributed by atoms with Gasteiger partial charge in [-0.1, -0.05) is 30.3 Å². The summed E-state index contributed by atoms with van der Waals surface area (Å²) in [6.07, 6.45) is -4.49. The molecule has 2 aromatic rings. The van der Waals surface area contributed by atoms with Crippen LogP contribution in [0.25, 0.3) is 0 Å². The van der Waals surface area contributed by atoms with E-state index in [0.717, 1.165) is 12.1 Å². The quantitative estimate of drug-likeness (QED) is 0.730. The third-order valence-electron chi connectivity index (χ3n) is 5.12. The van der Waals surface area contributed by atoms with Crippen LogP contribution >= 0.6 is 0 Å². The van der Waals surface area contributed by atoms with E-state index in [-0.39, 0.29) is 18.1 Å². The van der Waals surface area contributed by atoms with Crippen LogP contribution in [0.1, 0.15) is 11.1 Å². The van der Waals surface area contributed by atoms with Gasteiger partial charge in [0, 0.05) is 12.2 Å². The highest BCUT2D eigenvalue weighted by atomic mass is 32.2. The second-order valence-corrected chi connectivity index (χ2v) is 9.18. The fourth-order valence-corrected chi connectivity index (χ4v) is 5.85. The standard InChI is InChI=1S/C19H17F3N2O3S/c20-19(21,22)14-6-4-5-13(9-14)10-23-16-11-28(26,27)12-17(16)24(18(23)25)15-7-2-1-3-8-15/h1-9,16-17H,10-12H2. The maximum Gasteiger partial charge on any atom is 0.416 e. The molecule has 2 fully saturated rings. The van der Waals surface area contributed by atoms with Gasteiger partial charge in [0.25, 0.3) is 0 Å². The van der Waals surface area contributed by atoms with Crippen LogP contribution in [0.5, 0.6) is 0 Å². The fourth-order valence-electron chi connectivity index (χ4n) is 3.90. The number of anilines is 1. The molecule has 2 aromatic carbocycles. The molecule has 2 heterocycles. The predicted octanol–water partition coefficient (Wildman–Crippen LogP) is 3.31. The van der Waals surface area contributed by atoms with Crippen LogP contribution < -0.4 is 4.90 Å². The monoisotopic (exact) mass is 410 g/mol. The summed E-state index contributed by atoms with van der Waals surface area (Å²) in [5, 5.41) is 0. The molecule has 2 amide bonds. The van der Waals surface area contributed by atoms with Gasteiger partial charge in [-0.05, 0) is 29.8 Å². The number of urea groups is 1. The van der Waals surface area contributed by atoms with Gasteiger partial charge >= 0.3 is 12.2 Å². The number of fused-ring (bicyclic) bond motifs is 1. The number of nitrogens with zero attached hydrogens (tertiary/aromatic N) is 2. The van der Waals surface area contributed by atoms with Crippen molar-refractivity contribution in [1.82, 2.24) is 4.90 Å². The largest absolute Gasteiger partial charge is 0.416 e. The molecular formula is C19H17F3N2O3S. The minimum absolute atomic E-state index is 0.0806. The zero-order valence-electron chi connectivity index (χ0n) is 14.6. The first-order valence-corrected chi connectivity index (χ1v) is 10.5. The Bertz CT molecular complexity index is 1010. The Hall–Kier alpha value is -2.55. The summed E-state index contributed by atoms with van der Waals surface area (Å²) in [5.41, 5.74) is 0.0828. The Morgan fingerprint density at radius 2 is 1.64 bits per heavy atom. The second-order valence-electron chi connectivity index (χ2n) is 7.03. The smallest absolute Gasteiger partial charge is 0.314 e. The SMILES string of the molecule is O=C1N(Cc2cccc(C(F)(F)F)c2)C2CS(=O)(=O)CC2N1c1ccccc1. The van der Waals surface area contributed by atoms with E-state index in [0.29, 0.717) is 11.3 Å². The first kappa shape index (κ1) is 18.8. The zero-order chi connectivity index (χ0) is 20.1. The van der Waals surface area contributed by atoms with Crippen molar-refractivity contribution in [2.24, 2.45) is 0 Å². The van der Waals surface area contributed by atoms with Crippen molar-refractivity contribution in [3.05, 3.63) is 65.7 Å². The Morgan fingerprint density at radius 3 is 2.32 bits per heavy atom. The highest BCUT2D eigenvalue weighted by Gasteiger charge is 2.53. The molecule has 2 unspecified atom stereocenters. The molecule has 0 aliphatic carbocycles. The van der Waals surface area contributed by atoms with Crippen LogP contribution in [0.2, 0.25) is 0 Å². The second kappa shape index (κ2) is 6.51. The molecule has 148 valence electrons. The molecule has 2 saturated heterocycles. The van der Waals surface area contributed by atoms with Gasteiger partial charge in [0.15, 0.2) is 9.84 Å². The van der Waals surface area contributed by atoms with E-state index in [9.17, 15) is 26.4 Å². The van der Waals surface area contributed by atoms with Crippen LogP contribution in [0.4, 0.5) is 23.7 Å². The first-order chi connectivity index (χ1) is 13.2. The van der Waals surface area contributed by atoms with Crippen molar-refractivity contribution in [3.63, 3.8) is 0 Å². The number of carbonyl (C=O) groups excluding carboxylic acids is 1. The number of alkyl halides is 3. The number of carbonyl (C=O) groups is 1. The van der Waals surface area contributed by atoms with Gasteiger partial charge in [0.2, 0.25) is 0 Å². The molecule has 0 spiro atoms. The number of halogens is 3. The maximum absolute atomic E-state index is 13.1. The van der Waals surface area contributed by atoms with Crippen LogP contribution in [-0.2, 0) is 22.6 Å². The van der Waals surface area contributed by atoms with Gasteiger partial charge in [-0.15, -0.1) is 0 Å². The van der Waals surface area contributed by atoms with E-state index < -0.39 is 39.7 Å². The average Bonchev–Trinajstić information content (AvgIpc) is 3.06. The average molecular weight is 410 g/mol. The van der Waals surface area contributed by atoms with E-state index in [1.165, 1.54) is 21.9 Å². The van der Waals surface area contributed by atoms with Crippen molar-refractivity contribution < 1.29 is 26.4 Å². The molecular weight excluding hydrogens is 393 g/mol. The summed E-state index contributed by atoms with van der Waals surface area (Å²) in [6, 6.07) is 11.9. The summed E-state index contributed by atoms with van der Waals surface area (Å²) >= 11 is 0. The van der Waals surface area contributed by atoms with Crippen molar-refractivity contribution in [2.75, 3.05) is 16.4 Å². The number of sulfone groups is 1. The van der Waals surface area contributed by atoms with E-state index in [1.807, 2.05) is 0 Å². The summed E-state index contributed by atoms with van der Waals surface area (Å²) in [6.45, 7) is -0.0806. The lowest BCUT2D eigenvalue weighted by Crippen LogP contribution is -2.37. The molecule has 0 radical (unpaired) electrons. The summed E-state index contributed by atoms with van der Waals surface area (Å²) < 4.78 is 63.4. The van der Waals surface area contributed by atoms with E-state index in [2.05, 4.69) is 0 Å². The number of amides is 2. The van der Waals surface area contributed by atoms with E-state index in [1.54, 1.807) is 30.3 Å². The van der Waals surface area contributed by atoms with Gasteiger partial charge in [-0.3, -0.25) is 4.90 Å². The zero-order valence-corrected chi connectivity index (χ0v) is 15.4. The van der Waals surface area contributed by atoms with Gasteiger partial charge in [-0.25, -0.2) is 13.2 Å². The van der Waals surface area contributed by atoms with Gasteiger partial charge in [0.1, 0.15) is 0 Å². The molecule has 0 bridgehead atoms. The van der Waals surface area contributed by atoms with Gasteiger partial charge < -0.3 is 4.90 Å². The third kappa shape index (κ3) is 3.34. The van der Waals surface area contributed by atoms with E-state index in [4.69, 9.17) is 0 Å². The molecule has 28 heavy (non-hydrogen) atoms. The Balaban J connectivity index is 1.68. The van der Waals surface area contributed by atoms with Crippen molar-refractivity contribution in [1.29, 1.82) is 0 Å². The molecule has 0 N–H and O–H groups in total. The third-order valence-corrected chi connectivity index (χ3v) is 6.82.